The van der Waals surface area contributed by atoms with E-state index in [0.717, 1.165) is 11.1 Å². The highest BCUT2D eigenvalue weighted by Gasteiger charge is 2.46. The Morgan fingerprint density at radius 3 is 2.56 bits per heavy atom. The number of Topliss-reactive ketones (excluding diaryl/α,β-unsaturated/α-hetero) is 1. The summed E-state index contributed by atoms with van der Waals surface area (Å²) in [5, 5.41) is 11.5. The van der Waals surface area contributed by atoms with Gasteiger partial charge in [-0.2, -0.15) is 0 Å². The molecule has 5 rings (SSSR count). The Morgan fingerprint density at radius 1 is 1.03 bits per heavy atom. The number of pyridine rings is 1. The molecule has 0 saturated carbocycles. The van der Waals surface area contributed by atoms with Crippen molar-refractivity contribution in [3.05, 3.63) is 95.5 Å². The Kier molecular flexibility index (Phi) is 5.49. The molecule has 0 radical (unpaired) electrons. The van der Waals surface area contributed by atoms with Crippen molar-refractivity contribution in [3.8, 4) is 0 Å². The second-order valence-electron chi connectivity index (χ2n) is 8.53. The highest BCUT2D eigenvalue weighted by atomic mass is 16.3. The Bertz CT molecular complexity index is 1400. The Morgan fingerprint density at radius 2 is 1.82 bits per heavy atom. The highest BCUT2D eigenvalue weighted by molar-refractivity contribution is 6.46. The molecule has 1 aliphatic heterocycles. The maximum absolute atomic E-state index is 13.3. The third-order valence-corrected chi connectivity index (χ3v) is 6.24. The third-order valence-electron chi connectivity index (χ3n) is 6.24. The summed E-state index contributed by atoms with van der Waals surface area (Å²) in [6.07, 6.45) is 7.71. The van der Waals surface area contributed by atoms with Crippen molar-refractivity contribution >= 4 is 23.1 Å². The molecule has 1 aliphatic rings. The van der Waals surface area contributed by atoms with Gasteiger partial charge in [-0.3, -0.25) is 14.0 Å². The van der Waals surface area contributed by atoms with Gasteiger partial charge in [0, 0.05) is 31.7 Å². The van der Waals surface area contributed by atoms with Crippen molar-refractivity contribution in [2.24, 2.45) is 0 Å². The van der Waals surface area contributed by atoms with Gasteiger partial charge < -0.3 is 14.6 Å². The van der Waals surface area contributed by atoms with Crippen LogP contribution in [0.1, 0.15) is 35.0 Å². The lowest BCUT2D eigenvalue weighted by molar-refractivity contribution is -0.139. The van der Waals surface area contributed by atoms with Crippen LogP contribution >= 0.6 is 0 Å². The van der Waals surface area contributed by atoms with Crippen molar-refractivity contribution < 1.29 is 14.7 Å². The minimum atomic E-state index is -0.684. The molecule has 4 heterocycles. The van der Waals surface area contributed by atoms with Crippen LogP contribution in [-0.2, 0) is 16.1 Å². The average molecular weight is 456 g/mol. The number of aliphatic hydroxyl groups excluding tert-OH is 1. The van der Waals surface area contributed by atoms with E-state index in [2.05, 4.69) is 9.97 Å². The highest BCUT2D eigenvalue weighted by Crippen LogP contribution is 2.40. The first-order chi connectivity index (χ1) is 16.5. The van der Waals surface area contributed by atoms with E-state index in [9.17, 15) is 14.7 Å². The first-order valence-electron chi connectivity index (χ1n) is 11.2. The van der Waals surface area contributed by atoms with Crippen molar-refractivity contribution in [2.75, 3.05) is 6.54 Å². The third kappa shape index (κ3) is 3.67. The number of likely N-dealkylation sites (tertiary alicyclic amines) is 1. The van der Waals surface area contributed by atoms with Crippen LogP contribution in [0.4, 0.5) is 0 Å². The molecule has 4 aromatic rings. The van der Waals surface area contributed by atoms with Gasteiger partial charge in [0.1, 0.15) is 11.3 Å². The van der Waals surface area contributed by atoms with Crippen LogP contribution in [-0.4, -0.2) is 47.2 Å². The number of hydrogen-bond acceptors (Lipinski definition) is 5. The normalized spacial score (nSPS) is 17.7. The molecule has 8 heteroatoms. The van der Waals surface area contributed by atoms with Gasteiger partial charge >= 0.3 is 0 Å². The molecule has 1 saturated heterocycles. The van der Waals surface area contributed by atoms with Gasteiger partial charge in [-0.1, -0.05) is 35.9 Å². The van der Waals surface area contributed by atoms with Gasteiger partial charge in [0.05, 0.1) is 23.6 Å². The predicted molar refractivity (Wildman–Crippen MR) is 127 cm³/mol. The average Bonchev–Trinajstić information content (AvgIpc) is 3.52. The summed E-state index contributed by atoms with van der Waals surface area (Å²) in [5.74, 6) is -1.50. The molecule has 1 aromatic carbocycles. The number of carbonyl (C=O) groups excluding carboxylic acids is 2. The van der Waals surface area contributed by atoms with E-state index < -0.39 is 17.7 Å². The molecule has 0 bridgehead atoms. The van der Waals surface area contributed by atoms with Gasteiger partial charge in [0.2, 0.25) is 0 Å². The van der Waals surface area contributed by atoms with Crippen molar-refractivity contribution in [2.45, 2.75) is 32.9 Å². The summed E-state index contributed by atoms with van der Waals surface area (Å²) in [6.45, 7) is 4.79. The molecular formula is C26H25N5O3. The van der Waals surface area contributed by atoms with E-state index in [1.807, 2.05) is 60.2 Å². The summed E-state index contributed by atoms with van der Waals surface area (Å²) in [4.78, 5) is 36.6. The molecule has 1 fully saturated rings. The van der Waals surface area contributed by atoms with Crippen LogP contribution in [0.2, 0.25) is 0 Å². The Hall–Kier alpha value is -4.20. The fourth-order valence-corrected chi connectivity index (χ4v) is 4.57. The summed E-state index contributed by atoms with van der Waals surface area (Å²) in [5.41, 5.74) is 3.59. The standard InChI is InChI=1S/C26H25N5O3/c1-17-7-9-19(10-8-17)23-21(24(32)22-18(2)28-20-6-3-4-13-30(20)22)25(33)26(34)31(23)14-5-12-29-15-11-27-16-29/h3-4,6-11,13,15-16,23,32H,5,12,14H2,1-2H3/b24-21+/t23-/m1/s1. The lowest BCUT2D eigenvalue weighted by atomic mass is 9.95. The summed E-state index contributed by atoms with van der Waals surface area (Å²) in [6, 6.07) is 12.5. The quantitative estimate of drug-likeness (QED) is 0.272. The minimum absolute atomic E-state index is 0.0882. The van der Waals surface area contributed by atoms with Crippen LogP contribution in [0.25, 0.3) is 11.4 Å². The lowest BCUT2D eigenvalue weighted by Crippen LogP contribution is -2.31. The molecule has 0 aliphatic carbocycles. The number of aromatic nitrogens is 4. The monoisotopic (exact) mass is 455 g/mol. The number of benzene rings is 1. The zero-order valence-electron chi connectivity index (χ0n) is 19.0. The molecule has 3 aromatic heterocycles. The molecule has 0 spiro atoms. The number of aliphatic hydroxyl groups is 1. The Labute approximate surface area is 196 Å². The molecule has 1 atom stereocenters. The number of amides is 1. The summed E-state index contributed by atoms with van der Waals surface area (Å²) < 4.78 is 3.67. The lowest BCUT2D eigenvalue weighted by Gasteiger charge is -2.25. The minimum Gasteiger partial charge on any atom is -0.505 e. The molecule has 8 nitrogen and oxygen atoms in total. The maximum Gasteiger partial charge on any atom is 0.295 e. The summed E-state index contributed by atoms with van der Waals surface area (Å²) >= 11 is 0. The van der Waals surface area contributed by atoms with E-state index in [0.29, 0.717) is 36.5 Å². The Balaban J connectivity index is 1.60. The van der Waals surface area contributed by atoms with Gasteiger partial charge in [0.25, 0.3) is 11.7 Å². The topological polar surface area (TPSA) is 92.7 Å². The van der Waals surface area contributed by atoms with Gasteiger partial charge in [-0.25, -0.2) is 9.97 Å². The maximum atomic E-state index is 13.3. The number of nitrogens with zero attached hydrogens (tertiary/aromatic N) is 5. The molecular weight excluding hydrogens is 430 g/mol. The molecule has 1 N–H and O–H groups in total. The van der Waals surface area contributed by atoms with Gasteiger partial charge in [0.15, 0.2) is 5.76 Å². The number of hydrogen-bond donors (Lipinski definition) is 1. The SMILES string of the molecule is Cc1ccc([C@@H]2/C(=C(\O)c3c(C)nc4ccccn34)C(=O)C(=O)N2CCCn2ccnc2)cc1. The van der Waals surface area contributed by atoms with Crippen LogP contribution in [0.3, 0.4) is 0 Å². The zero-order chi connectivity index (χ0) is 23.8. The zero-order valence-corrected chi connectivity index (χ0v) is 19.0. The first kappa shape index (κ1) is 21.6. The number of imidazole rings is 2. The molecule has 1 amide bonds. The molecule has 34 heavy (non-hydrogen) atoms. The van der Waals surface area contributed by atoms with E-state index in [1.54, 1.807) is 34.9 Å². The fourth-order valence-electron chi connectivity index (χ4n) is 4.57. The van der Waals surface area contributed by atoms with E-state index in [1.165, 1.54) is 0 Å². The van der Waals surface area contributed by atoms with Crippen molar-refractivity contribution in [1.82, 2.24) is 23.8 Å². The second kappa shape index (κ2) is 8.62. The van der Waals surface area contributed by atoms with Gasteiger partial charge in [-0.15, -0.1) is 0 Å². The molecule has 0 unspecified atom stereocenters. The second-order valence-corrected chi connectivity index (χ2v) is 8.53. The smallest absolute Gasteiger partial charge is 0.295 e. The first-order valence-corrected chi connectivity index (χ1v) is 11.2. The van der Waals surface area contributed by atoms with E-state index in [-0.39, 0.29) is 11.3 Å². The van der Waals surface area contributed by atoms with Crippen LogP contribution < -0.4 is 0 Å². The molecule has 172 valence electrons. The summed E-state index contributed by atoms with van der Waals surface area (Å²) in [7, 11) is 0. The number of ketones is 1. The number of aryl methyl sites for hydroxylation is 3. The number of carbonyl (C=O) groups is 2. The fraction of sp³-hybridized carbons (Fsp3) is 0.231. The van der Waals surface area contributed by atoms with Gasteiger partial charge in [-0.05, 0) is 38.0 Å². The van der Waals surface area contributed by atoms with E-state index >= 15 is 0 Å². The number of rotatable bonds is 6. The van der Waals surface area contributed by atoms with Crippen molar-refractivity contribution in [1.29, 1.82) is 0 Å². The van der Waals surface area contributed by atoms with Crippen LogP contribution in [0.5, 0.6) is 0 Å². The predicted octanol–water partition coefficient (Wildman–Crippen LogP) is 3.66. The van der Waals surface area contributed by atoms with E-state index in [4.69, 9.17) is 0 Å². The van der Waals surface area contributed by atoms with Crippen LogP contribution in [0, 0.1) is 13.8 Å². The number of fused-ring (bicyclic) bond motifs is 1. The largest absolute Gasteiger partial charge is 0.505 e. The van der Waals surface area contributed by atoms with Crippen molar-refractivity contribution in [3.63, 3.8) is 0 Å². The van der Waals surface area contributed by atoms with Crippen LogP contribution in [0.15, 0.2) is 73.0 Å².